The van der Waals surface area contributed by atoms with E-state index in [1.165, 1.54) is 12.1 Å². The Kier molecular flexibility index (Phi) is 6.16. The molecule has 0 saturated heterocycles. The van der Waals surface area contributed by atoms with Crippen LogP contribution in [0.2, 0.25) is 0 Å². The van der Waals surface area contributed by atoms with Gasteiger partial charge in [-0.3, -0.25) is 14.3 Å². The first-order valence-electron chi connectivity index (χ1n) is 8.89. The van der Waals surface area contributed by atoms with Gasteiger partial charge in [-0.15, -0.1) is 0 Å². The van der Waals surface area contributed by atoms with Crippen LogP contribution in [0.4, 0.5) is 4.39 Å². The van der Waals surface area contributed by atoms with Gasteiger partial charge in [0.15, 0.2) is 0 Å². The molecule has 1 heterocycles. The Morgan fingerprint density at radius 1 is 1.07 bits per heavy atom. The lowest BCUT2D eigenvalue weighted by molar-refractivity contribution is -0.121. The molecule has 144 valence electrons. The van der Waals surface area contributed by atoms with Crippen LogP contribution in [-0.4, -0.2) is 28.1 Å². The van der Waals surface area contributed by atoms with E-state index in [-0.39, 0.29) is 18.3 Å². The molecule has 0 aliphatic carbocycles. The summed E-state index contributed by atoms with van der Waals surface area (Å²) in [5.41, 5.74) is 7.75. The first kappa shape index (κ1) is 19.3. The fraction of sp³-hybridized carbons (Fsp3) is 0.190. The molecule has 0 spiro atoms. The molecular weight excluding hydrogens is 359 g/mol. The average molecular weight is 380 g/mol. The Labute approximate surface area is 162 Å². The van der Waals surface area contributed by atoms with Gasteiger partial charge in [-0.2, -0.15) is 5.10 Å². The molecular formula is C21H21FN4O2. The van der Waals surface area contributed by atoms with E-state index in [1.54, 1.807) is 35.1 Å². The lowest BCUT2D eigenvalue weighted by Crippen LogP contribution is -2.37. The maximum atomic E-state index is 13.0. The monoisotopic (exact) mass is 380 g/mol. The second kappa shape index (κ2) is 8.94. The third kappa shape index (κ3) is 5.26. The van der Waals surface area contributed by atoms with E-state index in [0.29, 0.717) is 18.5 Å². The molecule has 1 atom stereocenters. The van der Waals surface area contributed by atoms with Gasteiger partial charge in [-0.05, 0) is 47.9 Å². The third-order valence-electron chi connectivity index (χ3n) is 4.43. The Morgan fingerprint density at radius 2 is 1.75 bits per heavy atom. The summed E-state index contributed by atoms with van der Waals surface area (Å²) < 4.78 is 14.8. The second-order valence-electron chi connectivity index (χ2n) is 6.54. The van der Waals surface area contributed by atoms with Crippen LogP contribution in [-0.2, 0) is 17.8 Å². The van der Waals surface area contributed by atoms with Gasteiger partial charge in [0.05, 0.1) is 12.5 Å². The number of hydrogen-bond acceptors (Lipinski definition) is 3. The molecule has 0 aliphatic heterocycles. The maximum Gasteiger partial charge on any atom is 0.251 e. The van der Waals surface area contributed by atoms with Gasteiger partial charge in [0.1, 0.15) is 5.82 Å². The first-order valence-corrected chi connectivity index (χ1v) is 8.89. The van der Waals surface area contributed by atoms with Crippen LogP contribution in [0.5, 0.6) is 0 Å². The lowest BCUT2D eigenvalue weighted by Gasteiger charge is -2.15. The summed E-state index contributed by atoms with van der Waals surface area (Å²) >= 11 is 0. The highest BCUT2D eigenvalue weighted by Gasteiger charge is 2.18. The number of nitrogens with zero attached hydrogens (tertiary/aromatic N) is 2. The summed E-state index contributed by atoms with van der Waals surface area (Å²) in [4.78, 5) is 24.1. The molecule has 3 N–H and O–H groups in total. The predicted octanol–water partition coefficient (Wildman–Crippen LogP) is 2.14. The number of halogens is 1. The molecule has 0 bridgehead atoms. The minimum absolute atomic E-state index is 0.112. The molecule has 0 saturated carbocycles. The molecule has 0 aliphatic rings. The van der Waals surface area contributed by atoms with Crippen LogP contribution in [0.25, 0.3) is 0 Å². The summed E-state index contributed by atoms with van der Waals surface area (Å²) in [5.74, 6) is -1.72. The Hall–Kier alpha value is -3.48. The molecule has 0 radical (unpaired) electrons. The molecule has 28 heavy (non-hydrogen) atoms. The number of nitrogens with two attached hydrogens (primary N) is 1. The smallest absolute Gasteiger partial charge is 0.251 e. The SMILES string of the molecule is NC(=O)C(CNC(=O)c1ccc(Cn2cccn2)cc1)Cc1ccc(F)cc1. The highest BCUT2D eigenvalue weighted by Crippen LogP contribution is 2.11. The molecule has 6 nitrogen and oxygen atoms in total. The third-order valence-corrected chi connectivity index (χ3v) is 4.43. The van der Waals surface area contributed by atoms with Gasteiger partial charge in [0.25, 0.3) is 5.91 Å². The standard InChI is InChI=1S/C21H21FN4O2/c22-19-8-4-15(5-9-19)12-18(20(23)27)13-24-21(28)17-6-2-16(3-7-17)14-26-11-1-10-25-26/h1-11,18H,12-14H2,(H2,23,27)(H,24,28). The number of rotatable bonds is 8. The molecule has 3 rings (SSSR count). The van der Waals surface area contributed by atoms with Crippen LogP contribution in [0.15, 0.2) is 67.0 Å². The summed E-state index contributed by atoms with van der Waals surface area (Å²) in [5, 5.41) is 6.89. The Morgan fingerprint density at radius 3 is 2.36 bits per heavy atom. The van der Waals surface area contributed by atoms with Gasteiger partial charge >= 0.3 is 0 Å². The zero-order valence-electron chi connectivity index (χ0n) is 15.2. The molecule has 2 amide bonds. The number of aromatic nitrogens is 2. The van der Waals surface area contributed by atoms with E-state index in [2.05, 4.69) is 10.4 Å². The summed E-state index contributed by atoms with van der Waals surface area (Å²) in [6, 6.07) is 14.9. The largest absolute Gasteiger partial charge is 0.369 e. The van der Waals surface area contributed by atoms with Crippen molar-refractivity contribution in [3.8, 4) is 0 Å². The number of hydrogen-bond donors (Lipinski definition) is 2. The van der Waals surface area contributed by atoms with E-state index >= 15 is 0 Å². The van der Waals surface area contributed by atoms with E-state index in [1.807, 2.05) is 24.4 Å². The van der Waals surface area contributed by atoms with Crippen molar-refractivity contribution >= 4 is 11.8 Å². The van der Waals surface area contributed by atoms with Gasteiger partial charge in [0.2, 0.25) is 5.91 Å². The van der Waals surface area contributed by atoms with Crippen LogP contribution < -0.4 is 11.1 Å². The molecule has 1 unspecified atom stereocenters. The van der Waals surface area contributed by atoms with E-state index in [9.17, 15) is 14.0 Å². The van der Waals surface area contributed by atoms with Crippen molar-refractivity contribution in [2.45, 2.75) is 13.0 Å². The number of carbonyl (C=O) groups excluding carboxylic acids is 2. The van der Waals surface area contributed by atoms with Gasteiger partial charge in [-0.25, -0.2) is 4.39 Å². The van der Waals surface area contributed by atoms with Crippen molar-refractivity contribution in [2.75, 3.05) is 6.54 Å². The van der Waals surface area contributed by atoms with Crippen molar-refractivity contribution in [3.63, 3.8) is 0 Å². The lowest BCUT2D eigenvalue weighted by atomic mass is 9.98. The first-order chi connectivity index (χ1) is 13.5. The molecule has 0 fully saturated rings. The minimum atomic E-state index is -0.575. The highest BCUT2D eigenvalue weighted by molar-refractivity contribution is 5.94. The van der Waals surface area contributed by atoms with Gasteiger partial charge in [0, 0.05) is 24.5 Å². The summed E-state index contributed by atoms with van der Waals surface area (Å²) in [6.45, 7) is 0.733. The fourth-order valence-electron chi connectivity index (χ4n) is 2.84. The zero-order chi connectivity index (χ0) is 19.9. The van der Waals surface area contributed by atoms with Crippen LogP contribution >= 0.6 is 0 Å². The van der Waals surface area contributed by atoms with Crippen molar-refractivity contribution in [1.82, 2.24) is 15.1 Å². The van der Waals surface area contributed by atoms with Crippen LogP contribution in [0.1, 0.15) is 21.5 Å². The molecule has 2 aromatic carbocycles. The van der Waals surface area contributed by atoms with Crippen LogP contribution in [0, 0.1) is 11.7 Å². The van der Waals surface area contributed by atoms with Gasteiger partial charge < -0.3 is 11.1 Å². The van der Waals surface area contributed by atoms with Crippen LogP contribution in [0.3, 0.4) is 0 Å². The van der Waals surface area contributed by atoms with Crippen molar-refractivity contribution in [1.29, 1.82) is 0 Å². The maximum absolute atomic E-state index is 13.0. The van der Waals surface area contributed by atoms with Crippen molar-refractivity contribution in [3.05, 3.63) is 89.5 Å². The van der Waals surface area contributed by atoms with Crippen molar-refractivity contribution < 1.29 is 14.0 Å². The van der Waals surface area contributed by atoms with E-state index < -0.39 is 11.8 Å². The average Bonchev–Trinajstić information content (AvgIpc) is 3.20. The fourth-order valence-corrected chi connectivity index (χ4v) is 2.84. The minimum Gasteiger partial charge on any atom is -0.369 e. The number of primary amides is 1. The second-order valence-corrected chi connectivity index (χ2v) is 6.54. The summed E-state index contributed by atoms with van der Waals surface area (Å²) in [6.07, 6.45) is 3.91. The number of nitrogens with one attached hydrogen (secondary N) is 1. The number of carbonyl (C=O) groups is 2. The number of benzene rings is 2. The zero-order valence-corrected chi connectivity index (χ0v) is 15.2. The predicted molar refractivity (Wildman–Crippen MR) is 103 cm³/mol. The summed E-state index contributed by atoms with van der Waals surface area (Å²) in [7, 11) is 0. The van der Waals surface area contributed by atoms with E-state index in [4.69, 9.17) is 5.73 Å². The number of amides is 2. The Balaban J connectivity index is 1.56. The van der Waals surface area contributed by atoms with Crippen molar-refractivity contribution in [2.24, 2.45) is 11.7 Å². The normalized spacial score (nSPS) is 11.8. The molecule has 7 heteroatoms. The molecule has 3 aromatic rings. The topological polar surface area (TPSA) is 90.0 Å². The molecule has 1 aromatic heterocycles. The van der Waals surface area contributed by atoms with E-state index in [0.717, 1.165) is 11.1 Å². The highest BCUT2D eigenvalue weighted by atomic mass is 19.1. The quantitative estimate of drug-likeness (QED) is 0.627. The Bertz CT molecular complexity index is 922. The van der Waals surface area contributed by atoms with Gasteiger partial charge in [-0.1, -0.05) is 24.3 Å².